The van der Waals surface area contributed by atoms with Crippen molar-refractivity contribution in [2.45, 2.75) is 0 Å². The highest BCUT2D eigenvalue weighted by atomic mass is 16.3. The number of hydrogen-bond acceptors (Lipinski definition) is 6. The van der Waals surface area contributed by atoms with E-state index < -0.39 is 0 Å². The third kappa shape index (κ3) is 5.69. The molecule has 0 saturated heterocycles. The van der Waals surface area contributed by atoms with Gasteiger partial charge >= 0.3 is 0 Å². The van der Waals surface area contributed by atoms with E-state index in [1.54, 1.807) is 12.1 Å². The largest absolute Gasteiger partial charge is 0.456 e. The summed E-state index contributed by atoms with van der Waals surface area (Å²) in [5.41, 5.74) is 10.2. The van der Waals surface area contributed by atoms with E-state index in [2.05, 4.69) is 66.7 Å². The number of benzene rings is 6. The molecule has 0 N–H and O–H groups in total. The topological polar surface area (TPSA) is 88.5 Å². The Morgan fingerprint density at radius 2 is 0.941 bits per heavy atom. The van der Waals surface area contributed by atoms with Gasteiger partial charge in [-0.25, -0.2) is 19.9 Å². The number of furan rings is 1. The Bertz CT molecular complexity index is 2680. The standard InChI is InChI=1S/C45H27N5O/c46-28-29-25-38(47-39(26-29)45-49-43(33-13-6-2-7-14-33)48-44(50-45)34-15-8-3-9-16-34)36-17-10-18-41-42(36)37-27-35(23-24-40(37)51-41)32-21-19-31(20-22-32)30-11-4-1-5-12-30/h1-27H. The Morgan fingerprint density at radius 3 is 1.57 bits per heavy atom. The minimum atomic E-state index is 0.381. The van der Waals surface area contributed by atoms with Gasteiger partial charge in [-0.1, -0.05) is 133 Å². The molecule has 0 atom stereocenters. The van der Waals surface area contributed by atoms with Crippen LogP contribution in [0.15, 0.2) is 168 Å². The first-order valence-electron chi connectivity index (χ1n) is 16.6. The quantitative estimate of drug-likeness (QED) is 0.177. The number of rotatable bonds is 6. The number of pyridine rings is 1. The van der Waals surface area contributed by atoms with Crippen LogP contribution < -0.4 is 0 Å². The van der Waals surface area contributed by atoms with E-state index in [0.717, 1.165) is 49.8 Å². The van der Waals surface area contributed by atoms with Crippen molar-refractivity contribution in [1.29, 1.82) is 5.26 Å². The van der Waals surface area contributed by atoms with Crippen LogP contribution in [-0.2, 0) is 0 Å². The first-order valence-corrected chi connectivity index (χ1v) is 16.6. The van der Waals surface area contributed by atoms with Gasteiger partial charge in [0.2, 0.25) is 0 Å². The monoisotopic (exact) mass is 653 g/mol. The van der Waals surface area contributed by atoms with Gasteiger partial charge in [0.15, 0.2) is 17.5 Å². The average molecular weight is 654 g/mol. The van der Waals surface area contributed by atoms with Crippen LogP contribution in [0.5, 0.6) is 0 Å². The van der Waals surface area contributed by atoms with Gasteiger partial charge in [-0.2, -0.15) is 5.26 Å². The van der Waals surface area contributed by atoms with E-state index in [-0.39, 0.29) is 0 Å². The Morgan fingerprint density at radius 1 is 0.412 bits per heavy atom. The van der Waals surface area contributed by atoms with Crippen LogP contribution >= 0.6 is 0 Å². The smallest absolute Gasteiger partial charge is 0.182 e. The summed E-state index contributed by atoms with van der Waals surface area (Å²) in [6.45, 7) is 0. The molecule has 9 rings (SSSR count). The van der Waals surface area contributed by atoms with Gasteiger partial charge in [0.05, 0.1) is 17.3 Å². The number of fused-ring (bicyclic) bond motifs is 3. The summed E-state index contributed by atoms with van der Waals surface area (Å²) < 4.78 is 6.36. The van der Waals surface area contributed by atoms with E-state index in [9.17, 15) is 5.26 Å². The van der Waals surface area contributed by atoms with Crippen molar-refractivity contribution in [3.8, 4) is 73.9 Å². The molecule has 0 aliphatic carbocycles. The molecule has 238 valence electrons. The van der Waals surface area contributed by atoms with E-state index in [1.165, 1.54) is 11.1 Å². The highest BCUT2D eigenvalue weighted by Crippen LogP contribution is 2.39. The van der Waals surface area contributed by atoms with Crippen LogP contribution in [0.4, 0.5) is 0 Å². The zero-order chi connectivity index (χ0) is 34.1. The summed E-state index contributed by atoms with van der Waals surface area (Å²) in [5.74, 6) is 1.43. The molecule has 0 spiro atoms. The van der Waals surface area contributed by atoms with Crippen molar-refractivity contribution >= 4 is 21.9 Å². The van der Waals surface area contributed by atoms with Crippen LogP contribution in [0, 0.1) is 11.3 Å². The summed E-state index contributed by atoms with van der Waals surface area (Å²) in [6, 6.07) is 56.6. The molecule has 0 fully saturated rings. The Balaban J connectivity index is 1.18. The molecular formula is C45H27N5O. The van der Waals surface area contributed by atoms with Gasteiger partial charge in [-0.3, -0.25) is 0 Å². The predicted octanol–water partition coefficient (Wildman–Crippen LogP) is 11.0. The van der Waals surface area contributed by atoms with Gasteiger partial charge in [-0.05, 0) is 52.6 Å². The van der Waals surface area contributed by atoms with E-state index in [1.807, 2.05) is 91.0 Å². The number of aromatic nitrogens is 4. The van der Waals surface area contributed by atoms with Crippen LogP contribution in [0.3, 0.4) is 0 Å². The summed E-state index contributed by atoms with van der Waals surface area (Å²) in [4.78, 5) is 19.7. The molecule has 0 unspecified atom stereocenters. The Hall–Kier alpha value is -7.23. The maximum absolute atomic E-state index is 10.2. The molecule has 6 nitrogen and oxygen atoms in total. The highest BCUT2D eigenvalue weighted by Gasteiger charge is 2.18. The molecule has 6 aromatic carbocycles. The van der Waals surface area contributed by atoms with Gasteiger partial charge < -0.3 is 4.42 Å². The summed E-state index contributed by atoms with van der Waals surface area (Å²) in [5, 5.41) is 12.1. The predicted molar refractivity (Wildman–Crippen MR) is 202 cm³/mol. The molecular weight excluding hydrogens is 627 g/mol. The third-order valence-corrected chi connectivity index (χ3v) is 8.98. The number of nitrogens with zero attached hydrogens (tertiary/aromatic N) is 5. The molecule has 51 heavy (non-hydrogen) atoms. The highest BCUT2D eigenvalue weighted by molar-refractivity contribution is 6.13. The third-order valence-electron chi connectivity index (χ3n) is 8.98. The fourth-order valence-electron chi connectivity index (χ4n) is 6.48. The zero-order valence-corrected chi connectivity index (χ0v) is 27.2. The lowest BCUT2D eigenvalue weighted by Gasteiger charge is -2.10. The van der Waals surface area contributed by atoms with Crippen molar-refractivity contribution in [2.75, 3.05) is 0 Å². The Labute approximate surface area is 294 Å². The summed E-state index contributed by atoms with van der Waals surface area (Å²) in [7, 11) is 0. The molecule has 9 aromatic rings. The second-order valence-electron chi connectivity index (χ2n) is 12.2. The molecule has 0 radical (unpaired) electrons. The van der Waals surface area contributed by atoms with Crippen LogP contribution in [0.25, 0.3) is 89.7 Å². The lowest BCUT2D eigenvalue weighted by molar-refractivity contribution is 0.669. The number of nitriles is 1. The van der Waals surface area contributed by atoms with Gasteiger partial charge in [0, 0.05) is 27.5 Å². The summed E-state index contributed by atoms with van der Waals surface area (Å²) in [6.07, 6.45) is 0. The van der Waals surface area contributed by atoms with E-state index >= 15 is 0 Å². The van der Waals surface area contributed by atoms with Crippen molar-refractivity contribution in [1.82, 2.24) is 19.9 Å². The second kappa shape index (κ2) is 12.7. The van der Waals surface area contributed by atoms with E-state index in [4.69, 9.17) is 24.4 Å². The lowest BCUT2D eigenvalue weighted by atomic mass is 9.97. The maximum atomic E-state index is 10.2. The zero-order valence-electron chi connectivity index (χ0n) is 27.2. The SMILES string of the molecule is N#Cc1cc(-c2nc(-c3ccccc3)nc(-c3ccccc3)n2)nc(-c2cccc3oc4ccc(-c5ccc(-c6ccccc6)cc5)cc4c23)c1. The Kier molecular flexibility index (Phi) is 7.42. The first-order chi connectivity index (χ1) is 25.2. The normalized spacial score (nSPS) is 11.1. The molecule has 6 heteroatoms. The first kappa shape index (κ1) is 29.9. The van der Waals surface area contributed by atoms with Gasteiger partial charge in [0.25, 0.3) is 0 Å². The fourth-order valence-corrected chi connectivity index (χ4v) is 6.48. The minimum absolute atomic E-state index is 0.381. The average Bonchev–Trinajstić information content (AvgIpc) is 3.60. The number of hydrogen-bond donors (Lipinski definition) is 0. The summed E-state index contributed by atoms with van der Waals surface area (Å²) >= 11 is 0. The van der Waals surface area contributed by atoms with Crippen LogP contribution in [0.2, 0.25) is 0 Å². The maximum Gasteiger partial charge on any atom is 0.182 e. The van der Waals surface area contributed by atoms with Crippen molar-refractivity contribution in [2.24, 2.45) is 0 Å². The van der Waals surface area contributed by atoms with Crippen molar-refractivity contribution in [3.05, 3.63) is 169 Å². The molecule has 0 bridgehead atoms. The van der Waals surface area contributed by atoms with Gasteiger partial charge in [-0.15, -0.1) is 0 Å². The lowest BCUT2D eigenvalue weighted by Crippen LogP contribution is -2.02. The van der Waals surface area contributed by atoms with Crippen molar-refractivity contribution < 1.29 is 4.42 Å². The molecule has 0 amide bonds. The fraction of sp³-hybridized carbons (Fsp3) is 0. The molecule has 0 saturated carbocycles. The molecule has 3 aromatic heterocycles. The van der Waals surface area contributed by atoms with Crippen LogP contribution in [0.1, 0.15) is 5.56 Å². The molecule has 3 heterocycles. The molecule has 0 aliphatic rings. The van der Waals surface area contributed by atoms with Crippen LogP contribution in [-0.4, -0.2) is 19.9 Å². The van der Waals surface area contributed by atoms with Crippen molar-refractivity contribution in [3.63, 3.8) is 0 Å². The van der Waals surface area contributed by atoms with Gasteiger partial charge in [0.1, 0.15) is 16.9 Å². The second-order valence-corrected chi connectivity index (χ2v) is 12.2. The van der Waals surface area contributed by atoms with E-state index in [0.29, 0.717) is 34.4 Å². The minimum Gasteiger partial charge on any atom is -0.456 e. The molecule has 0 aliphatic heterocycles.